The normalized spacial score (nSPS) is 36.6. The van der Waals surface area contributed by atoms with Crippen LogP contribution >= 0.6 is 0 Å². The molecule has 8 N–H and O–H groups in total. The molecule has 2 rings (SSSR count). The third kappa shape index (κ3) is 10.2. The zero-order chi connectivity index (χ0) is 27.2. The summed E-state index contributed by atoms with van der Waals surface area (Å²) in [4.78, 5) is 0. The second-order valence-corrected chi connectivity index (χ2v) is 10.4. The lowest BCUT2D eigenvalue weighted by atomic mass is 9.95. The van der Waals surface area contributed by atoms with Gasteiger partial charge >= 0.3 is 0 Å². The van der Waals surface area contributed by atoms with E-state index in [4.69, 9.17) is 14.2 Å². The predicted octanol–water partition coefficient (Wildman–Crippen LogP) is -0.0988. The van der Waals surface area contributed by atoms with E-state index in [1.807, 2.05) is 0 Å². The first kappa shape index (κ1) is 32.8. The van der Waals surface area contributed by atoms with E-state index in [1.54, 1.807) is 0 Å². The Hall–Kier alpha value is -0.440. The van der Waals surface area contributed by atoms with Gasteiger partial charge in [-0.1, -0.05) is 77.6 Å². The van der Waals surface area contributed by atoms with Crippen molar-refractivity contribution in [1.82, 2.24) is 5.32 Å². The van der Waals surface area contributed by atoms with Crippen LogP contribution in [0.2, 0.25) is 0 Å². The molecule has 0 saturated carbocycles. The zero-order valence-corrected chi connectivity index (χ0v) is 22.2. The Balaban J connectivity index is 1.68. The van der Waals surface area contributed by atoms with Crippen LogP contribution < -0.4 is 5.32 Å². The molecular formula is C26H51NO10. The summed E-state index contributed by atoms with van der Waals surface area (Å²) in [5, 5.41) is 73.5. The first-order valence-electron chi connectivity index (χ1n) is 14.2. The van der Waals surface area contributed by atoms with Gasteiger partial charge in [0, 0.05) is 0 Å². The predicted molar refractivity (Wildman–Crippen MR) is 135 cm³/mol. The fourth-order valence-corrected chi connectivity index (χ4v) is 5.00. The van der Waals surface area contributed by atoms with Crippen molar-refractivity contribution in [1.29, 1.82) is 0 Å². The molecule has 2 heterocycles. The van der Waals surface area contributed by atoms with Crippen molar-refractivity contribution in [3.63, 3.8) is 0 Å². The first-order valence-corrected chi connectivity index (χ1v) is 14.2. The van der Waals surface area contributed by atoms with Crippen LogP contribution in [0.25, 0.3) is 0 Å². The summed E-state index contributed by atoms with van der Waals surface area (Å²) in [6.45, 7) is 1.74. The van der Waals surface area contributed by atoms with E-state index in [1.165, 1.54) is 57.8 Å². The summed E-state index contributed by atoms with van der Waals surface area (Å²) in [6, 6.07) is -0.734. The molecular weight excluding hydrogens is 486 g/mol. The van der Waals surface area contributed by atoms with Gasteiger partial charge in [0.05, 0.1) is 19.3 Å². The molecule has 37 heavy (non-hydrogen) atoms. The standard InChI is InChI=1S/C26H51NO10/c1-2-3-4-5-6-7-8-9-10-11-12-13-14-27-19-17(15-28)35-25(23(33)21(19)31)37-26-24(34)22(32)20(30)18(16-29)36-26/h17-34H,2-16H2,1H3. The second kappa shape index (κ2) is 18.0. The Labute approximate surface area is 220 Å². The van der Waals surface area contributed by atoms with Gasteiger partial charge in [-0.2, -0.15) is 0 Å². The Bertz CT molecular complexity index is 584. The van der Waals surface area contributed by atoms with E-state index >= 15 is 0 Å². The van der Waals surface area contributed by atoms with E-state index in [9.17, 15) is 35.7 Å². The fraction of sp³-hybridized carbons (Fsp3) is 1.00. The van der Waals surface area contributed by atoms with E-state index in [0.717, 1.165) is 19.3 Å². The molecule has 0 aromatic carbocycles. The van der Waals surface area contributed by atoms with Gasteiger partial charge in [-0.3, -0.25) is 0 Å². The molecule has 0 aromatic heterocycles. The highest BCUT2D eigenvalue weighted by Gasteiger charge is 2.49. The highest BCUT2D eigenvalue weighted by Crippen LogP contribution is 2.28. The molecule has 2 aliphatic rings. The average molecular weight is 538 g/mol. The van der Waals surface area contributed by atoms with E-state index in [-0.39, 0.29) is 0 Å². The molecule has 10 atom stereocenters. The minimum Gasteiger partial charge on any atom is -0.394 e. The molecule has 0 aromatic rings. The number of unbranched alkanes of at least 4 members (excludes halogenated alkanes) is 11. The Kier molecular flexibility index (Phi) is 16.0. The molecule has 10 unspecified atom stereocenters. The van der Waals surface area contributed by atoms with Crippen LogP contribution in [0, 0.1) is 0 Å². The molecule has 0 aliphatic carbocycles. The van der Waals surface area contributed by atoms with E-state index < -0.39 is 74.6 Å². The Morgan fingerprint density at radius 2 is 1.03 bits per heavy atom. The lowest BCUT2D eigenvalue weighted by Crippen LogP contribution is -2.66. The molecule has 220 valence electrons. The van der Waals surface area contributed by atoms with Crippen LogP contribution in [-0.4, -0.2) is 117 Å². The van der Waals surface area contributed by atoms with E-state index in [2.05, 4.69) is 12.2 Å². The van der Waals surface area contributed by atoms with Crippen molar-refractivity contribution < 1.29 is 50.0 Å². The zero-order valence-electron chi connectivity index (χ0n) is 22.2. The number of rotatable bonds is 18. The summed E-state index contributed by atoms with van der Waals surface area (Å²) in [7, 11) is 0. The topological polar surface area (TPSA) is 181 Å². The Morgan fingerprint density at radius 3 is 1.54 bits per heavy atom. The van der Waals surface area contributed by atoms with Crippen molar-refractivity contribution >= 4 is 0 Å². The van der Waals surface area contributed by atoms with Crippen molar-refractivity contribution in [2.75, 3.05) is 19.8 Å². The third-order valence-corrected chi connectivity index (χ3v) is 7.41. The van der Waals surface area contributed by atoms with Crippen LogP contribution in [0.1, 0.15) is 84.0 Å². The minimum absolute atomic E-state index is 0.450. The van der Waals surface area contributed by atoms with Crippen molar-refractivity contribution in [3.8, 4) is 0 Å². The average Bonchev–Trinajstić information content (AvgIpc) is 2.90. The largest absolute Gasteiger partial charge is 0.394 e. The fourth-order valence-electron chi connectivity index (χ4n) is 5.00. The molecule has 0 spiro atoms. The smallest absolute Gasteiger partial charge is 0.189 e. The molecule has 2 saturated heterocycles. The Morgan fingerprint density at radius 1 is 0.568 bits per heavy atom. The SMILES string of the molecule is CCCCCCCCCCCCCCNC1C(CO)OC(OC2OC(CO)C(O)C(O)C2O)C(O)C1O. The molecule has 0 bridgehead atoms. The van der Waals surface area contributed by atoms with Gasteiger partial charge in [-0.05, 0) is 13.0 Å². The van der Waals surface area contributed by atoms with E-state index in [0.29, 0.717) is 6.54 Å². The maximum absolute atomic E-state index is 10.7. The summed E-state index contributed by atoms with van der Waals surface area (Å²) in [6.07, 6.45) is 1.95. The number of aliphatic hydroxyl groups excluding tert-OH is 7. The number of nitrogens with one attached hydrogen (secondary N) is 1. The quantitative estimate of drug-likeness (QED) is 0.109. The van der Waals surface area contributed by atoms with Crippen LogP contribution in [0.15, 0.2) is 0 Å². The minimum atomic E-state index is -1.68. The molecule has 2 aliphatic heterocycles. The van der Waals surface area contributed by atoms with Crippen LogP contribution in [0.4, 0.5) is 0 Å². The van der Waals surface area contributed by atoms with Gasteiger partial charge in [0.2, 0.25) is 0 Å². The lowest BCUT2D eigenvalue weighted by Gasteiger charge is -2.45. The number of hydrogen-bond acceptors (Lipinski definition) is 11. The summed E-state index contributed by atoms with van der Waals surface area (Å²) < 4.78 is 16.4. The van der Waals surface area contributed by atoms with Gasteiger partial charge in [0.1, 0.15) is 42.7 Å². The second-order valence-electron chi connectivity index (χ2n) is 10.4. The van der Waals surface area contributed by atoms with Gasteiger partial charge < -0.3 is 55.3 Å². The van der Waals surface area contributed by atoms with Crippen molar-refractivity contribution in [3.05, 3.63) is 0 Å². The highest BCUT2D eigenvalue weighted by molar-refractivity contribution is 4.95. The highest BCUT2D eigenvalue weighted by atomic mass is 16.8. The number of aliphatic hydroxyl groups is 7. The molecule has 11 heteroatoms. The summed E-state index contributed by atoms with van der Waals surface area (Å²) >= 11 is 0. The molecule has 0 amide bonds. The maximum atomic E-state index is 10.7. The summed E-state index contributed by atoms with van der Waals surface area (Å²) in [5.41, 5.74) is 0. The molecule has 2 fully saturated rings. The lowest BCUT2D eigenvalue weighted by molar-refractivity contribution is -0.370. The van der Waals surface area contributed by atoms with Crippen molar-refractivity contribution in [2.24, 2.45) is 0 Å². The number of hydrogen-bond donors (Lipinski definition) is 8. The maximum Gasteiger partial charge on any atom is 0.189 e. The van der Waals surface area contributed by atoms with Crippen molar-refractivity contribution in [2.45, 2.75) is 145 Å². The first-order chi connectivity index (χ1) is 17.8. The van der Waals surface area contributed by atoms with Gasteiger partial charge in [0.25, 0.3) is 0 Å². The van der Waals surface area contributed by atoms with Crippen LogP contribution in [-0.2, 0) is 14.2 Å². The van der Waals surface area contributed by atoms with Gasteiger partial charge in [-0.25, -0.2) is 0 Å². The van der Waals surface area contributed by atoms with Gasteiger partial charge in [0.15, 0.2) is 12.6 Å². The third-order valence-electron chi connectivity index (χ3n) is 7.41. The summed E-state index contributed by atoms with van der Waals surface area (Å²) in [5.74, 6) is 0. The number of ether oxygens (including phenoxy) is 3. The van der Waals surface area contributed by atoms with Crippen LogP contribution in [0.5, 0.6) is 0 Å². The molecule has 11 nitrogen and oxygen atoms in total. The molecule has 0 radical (unpaired) electrons. The van der Waals surface area contributed by atoms with Crippen LogP contribution in [0.3, 0.4) is 0 Å². The monoisotopic (exact) mass is 537 g/mol. The van der Waals surface area contributed by atoms with Gasteiger partial charge in [-0.15, -0.1) is 0 Å².